The second-order valence-corrected chi connectivity index (χ2v) is 8.61. The lowest BCUT2D eigenvalue weighted by atomic mass is 9.96. The molecule has 2 rings (SSSR count). The summed E-state index contributed by atoms with van der Waals surface area (Å²) in [6, 6.07) is 4.63. The fraction of sp³-hybridized carbons (Fsp3) is 0.526. The molecule has 12 heteroatoms. The van der Waals surface area contributed by atoms with Crippen LogP contribution in [0.4, 0.5) is 0 Å². The van der Waals surface area contributed by atoms with Crippen molar-refractivity contribution in [1.29, 1.82) is 0 Å². The number of hydrogen-bond acceptors (Lipinski definition) is 10. The van der Waals surface area contributed by atoms with Crippen LogP contribution < -0.4 is 5.32 Å². The first-order chi connectivity index (χ1) is 14.4. The van der Waals surface area contributed by atoms with Crippen LogP contribution in [-0.2, 0) is 42.9 Å². The zero-order valence-electron chi connectivity index (χ0n) is 17.4. The van der Waals surface area contributed by atoms with Crippen LogP contribution in [0.1, 0.15) is 26.3 Å². The third-order valence-electron chi connectivity index (χ3n) is 4.34. The second-order valence-electron chi connectivity index (χ2n) is 6.99. The van der Waals surface area contributed by atoms with E-state index >= 15 is 0 Å². The van der Waals surface area contributed by atoms with E-state index in [1.54, 1.807) is 19.1 Å². The third-order valence-corrected chi connectivity index (χ3v) is 5.63. The highest BCUT2D eigenvalue weighted by Gasteiger charge is 2.50. The molecule has 1 heterocycles. The van der Waals surface area contributed by atoms with E-state index in [1.807, 2.05) is 0 Å². The molecule has 0 bridgehead atoms. The molecule has 1 amide bonds. The van der Waals surface area contributed by atoms with Crippen molar-refractivity contribution in [2.75, 3.05) is 6.61 Å². The van der Waals surface area contributed by atoms with Gasteiger partial charge >= 0.3 is 11.9 Å². The van der Waals surface area contributed by atoms with Gasteiger partial charge in [-0.25, -0.2) is 0 Å². The highest BCUT2D eigenvalue weighted by atomic mass is 32.2. The van der Waals surface area contributed by atoms with E-state index in [9.17, 15) is 27.9 Å². The number of aliphatic hydroxyl groups excluding tert-OH is 1. The first kappa shape index (κ1) is 24.7. The Morgan fingerprint density at radius 1 is 1.03 bits per heavy atom. The van der Waals surface area contributed by atoms with Crippen LogP contribution in [0.15, 0.2) is 29.2 Å². The number of aryl methyl sites for hydroxylation is 1. The van der Waals surface area contributed by atoms with Gasteiger partial charge in [-0.1, -0.05) is 17.7 Å². The molecule has 1 aromatic rings. The number of benzene rings is 1. The molecule has 0 aromatic heterocycles. The van der Waals surface area contributed by atoms with Crippen molar-refractivity contribution >= 4 is 28.0 Å². The lowest BCUT2D eigenvalue weighted by Crippen LogP contribution is -2.66. The van der Waals surface area contributed by atoms with E-state index in [0.717, 1.165) is 19.4 Å². The Hall–Kier alpha value is -2.54. The van der Waals surface area contributed by atoms with Crippen LogP contribution in [0, 0.1) is 6.92 Å². The minimum atomic E-state index is -4.20. The van der Waals surface area contributed by atoms with Crippen molar-refractivity contribution in [2.45, 2.75) is 63.2 Å². The van der Waals surface area contributed by atoms with Crippen molar-refractivity contribution in [1.82, 2.24) is 5.32 Å². The van der Waals surface area contributed by atoms with Gasteiger partial charge in [0.25, 0.3) is 10.1 Å². The van der Waals surface area contributed by atoms with Gasteiger partial charge in [0.05, 0.1) is 11.5 Å². The molecule has 172 valence electrons. The summed E-state index contributed by atoms with van der Waals surface area (Å²) >= 11 is 0. The van der Waals surface area contributed by atoms with Crippen LogP contribution in [0.3, 0.4) is 0 Å². The molecule has 11 nitrogen and oxygen atoms in total. The SMILES string of the molecule is CC(=O)N[C@H]1[C@H](OC(C)=O)[C@@H](OC(C)=O)[C@@H](COS(=O)(=O)c2ccc(C)cc2)O[C@H]1O. The molecule has 1 saturated heterocycles. The number of rotatable bonds is 7. The normalized spacial score (nSPS) is 26.0. The molecule has 0 spiro atoms. The lowest BCUT2D eigenvalue weighted by molar-refractivity contribution is -0.261. The highest BCUT2D eigenvalue weighted by Crippen LogP contribution is 2.27. The maximum atomic E-state index is 12.5. The topological polar surface area (TPSA) is 155 Å². The number of carbonyl (C=O) groups is 3. The third kappa shape index (κ3) is 6.72. The fourth-order valence-electron chi connectivity index (χ4n) is 3.04. The summed E-state index contributed by atoms with van der Waals surface area (Å²) in [5.41, 5.74) is 0.848. The number of nitrogens with one attached hydrogen (secondary N) is 1. The summed E-state index contributed by atoms with van der Waals surface area (Å²) in [6.45, 7) is 4.48. The molecule has 0 unspecified atom stereocenters. The quantitative estimate of drug-likeness (QED) is 0.413. The van der Waals surface area contributed by atoms with Crippen molar-refractivity contribution < 1.29 is 46.3 Å². The number of carbonyl (C=O) groups excluding carboxylic acids is 3. The average molecular weight is 459 g/mol. The van der Waals surface area contributed by atoms with Crippen LogP contribution in [0.5, 0.6) is 0 Å². The Morgan fingerprint density at radius 2 is 1.58 bits per heavy atom. The molecule has 0 saturated carbocycles. The van der Waals surface area contributed by atoms with E-state index < -0.39 is 65.2 Å². The number of amides is 1. The molecule has 1 aliphatic heterocycles. The zero-order valence-corrected chi connectivity index (χ0v) is 18.2. The standard InChI is InChI=1S/C19H25NO10S/c1-10-5-7-14(8-6-10)31(25,26)27-9-15-17(28-12(3)22)18(29-13(4)23)16(19(24)30-15)20-11(2)21/h5-8,15-19,24H,9H2,1-4H3,(H,20,21)/t15-,16+,17+,18+,19-/m1/s1. The molecule has 0 aliphatic carbocycles. The van der Waals surface area contributed by atoms with Crippen LogP contribution >= 0.6 is 0 Å². The smallest absolute Gasteiger partial charge is 0.303 e. The predicted octanol–water partition coefficient (Wildman–Crippen LogP) is -0.214. The van der Waals surface area contributed by atoms with E-state index in [2.05, 4.69) is 5.32 Å². The summed E-state index contributed by atoms with van der Waals surface area (Å²) in [5, 5.41) is 12.7. The molecular formula is C19H25NO10S. The van der Waals surface area contributed by atoms with E-state index in [4.69, 9.17) is 18.4 Å². The molecular weight excluding hydrogens is 434 g/mol. The number of esters is 2. The van der Waals surface area contributed by atoms with E-state index in [1.165, 1.54) is 19.1 Å². The Balaban J connectivity index is 2.29. The Morgan fingerprint density at radius 3 is 2.10 bits per heavy atom. The van der Waals surface area contributed by atoms with Gasteiger partial charge in [0.1, 0.15) is 12.1 Å². The van der Waals surface area contributed by atoms with Gasteiger partial charge in [-0.2, -0.15) is 8.42 Å². The second kappa shape index (κ2) is 10.2. The largest absolute Gasteiger partial charge is 0.456 e. The van der Waals surface area contributed by atoms with Crippen molar-refractivity contribution in [3.8, 4) is 0 Å². The maximum Gasteiger partial charge on any atom is 0.303 e. The van der Waals surface area contributed by atoms with Crippen LogP contribution in [-0.4, -0.2) is 68.6 Å². The summed E-state index contributed by atoms with van der Waals surface area (Å²) in [5.74, 6) is -2.13. The Kier molecular flexibility index (Phi) is 8.12. The number of ether oxygens (including phenoxy) is 3. The summed E-state index contributed by atoms with van der Waals surface area (Å²) in [7, 11) is -4.20. The molecule has 1 aromatic carbocycles. The molecule has 2 N–H and O–H groups in total. The van der Waals surface area contributed by atoms with Crippen LogP contribution in [0.2, 0.25) is 0 Å². The van der Waals surface area contributed by atoms with Crippen LogP contribution in [0.25, 0.3) is 0 Å². The molecule has 1 aliphatic rings. The Bertz CT molecular complexity index is 914. The summed E-state index contributed by atoms with van der Waals surface area (Å²) in [6.07, 6.45) is -5.75. The van der Waals surface area contributed by atoms with Crippen molar-refractivity contribution in [3.63, 3.8) is 0 Å². The number of hydrogen-bond donors (Lipinski definition) is 2. The zero-order chi connectivity index (χ0) is 23.3. The van der Waals surface area contributed by atoms with Gasteiger partial charge in [-0.15, -0.1) is 0 Å². The first-order valence-electron chi connectivity index (χ1n) is 9.32. The first-order valence-corrected chi connectivity index (χ1v) is 10.7. The van der Waals surface area contributed by atoms with E-state index in [0.29, 0.717) is 0 Å². The van der Waals surface area contributed by atoms with Gasteiger partial charge < -0.3 is 24.6 Å². The predicted molar refractivity (Wildman–Crippen MR) is 104 cm³/mol. The van der Waals surface area contributed by atoms with Gasteiger partial charge in [0.15, 0.2) is 18.5 Å². The summed E-state index contributed by atoms with van der Waals surface area (Å²) < 4.78 is 45.7. The van der Waals surface area contributed by atoms with Gasteiger partial charge in [-0.05, 0) is 19.1 Å². The van der Waals surface area contributed by atoms with E-state index in [-0.39, 0.29) is 4.90 Å². The van der Waals surface area contributed by atoms with Gasteiger partial charge in [-0.3, -0.25) is 18.6 Å². The lowest BCUT2D eigenvalue weighted by Gasteiger charge is -2.43. The maximum absolute atomic E-state index is 12.5. The van der Waals surface area contributed by atoms with Gasteiger partial charge in [0.2, 0.25) is 5.91 Å². The average Bonchev–Trinajstić information content (AvgIpc) is 2.65. The molecule has 5 atom stereocenters. The monoisotopic (exact) mass is 459 g/mol. The minimum absolute atomic E-state index is 0.105. The van der Waals surface area contributed by atoms with Crippen molar-refractivity contribution in [3.05, 3.63) is 29.8 Å². The molecule has 1 fully saturated rings. The van der Waals surface area contributed by atoms with Crippen molar-refractivity contribution in [2.24, 2.45) is 0 Å². The molecule has 31 heavy (non-hydrogen) atoms. The fourth-order valence-corrected chi connectivity index (χ4v) is 3.96. The highest BCUT2D eigenvalue weighted by molar-refractivity contribution is 7.86. The minimum Gasteiger partial charge on any atom is -0.456 e. The molecule has 0 radical (unpaired) electrons. The van der Waals surface area contributed by atoms with Gasteiger partial charge in [0, 0.05) is 20.8 Å². The Labute approximate surface area is 179 Å². The summed E-state index contributed by atoms with van der Waals surface area (Å²) in [4.78, 5) is 34.6. The number of aliphatic hydroxyl groups is 1.